The number of hydrogen-bond acceptors (Lipinski definition) is 3. The van der Waals surface area contributed by atoms with Crippen molar-refractivity contribution in [2.24, 2.45) is 0 Å². The Morgan fingerprint density at radius 1 is 1.12 bits per heavy atom. The molecule has 2 aliphatic rings. The van der Waals surface area contributed by atoms with Gasteiger partial charge in [-0.15, -0.1) is 0 Å². The lowest BCUT2D eigenvalue weighted by atomic mass is 9.94. The van der Waals surface area contributed by atoms with Crippen LogP contribution in [0.1, 0.15) is 47.6 Å². The van der Waals surface area contributed by atoms with Crippen molar-refractivity contribution in [2.45, 2.75) is 38.9 Å². The molecule has 0 N–H and O–H groups in total. The minimum absolute atomic E-state index is 0.0185. The van der Waals surface area contributed by atoms with E-state index in [4.69, 9.17) is 0 Å². The van der Waals surface area contributed by atoms with Crippen molar-refractivity contribution in [3.63, 3.8) is 0 Å². The van der Waals surface area contributed by atoms with Crippen LogP contribution in [-0.2, 0) is 17.9 Å². The van der Waals surface area contributed by atoms with Crippen molar-refractivity contribution in [1.29, 1.82) is 0 Å². The van der Waals surface area contributed by atoms with E-state index >= 15 is 0 Å². The third kappa shape index (κ3) is 2.92. The zero-order valence-electron chi connectivity index (χ0n) is 14.4. The molecule has 3 heterocycles. The number of nitrogens with zero attached hydrogens (tertiary/aromatic N) is 4. The van der Waals surface area contributed by atoms with Crippen LogP contribution in [0, 0.1) is 0 Å². The Bertz CT molecular complexity index is 799. The van der Waals surface area contributed by atoms with Crippen molar-refractivity contribution in [3.05, 3.63) is 53.3 Å². The van der Waals surface area contributed by atoms with Crippen molar-refractivity contribution >= 4 is 11.8 Å². The molecule has 6 heteroatoms. The maximum absolute atomic E-state index is 12.9. The van der Waals surface area contributed by atoms with Gasteiger partial charge in [0.2, 0.25) is 5.91 Å². The molecule has 1 fully saturated rings. The highest BCUT2D eigenvalue weighted by Crippen LogP contribution is 2.34. The molecule has 1 aromatic carbocycles. The molecule has 4 rings (SSSR count). The molecule has 1 atom stereocenters. The van der Waals surface area contributed by atoms with Crippen LogP contribution in [0.5, 0.6) is 0 Å². The molecular formula is C19H22N4O2. The molecule has 0 bridgehead atoms. The van der Waals surface area contributed by atoms with E-state index in [1.54, 1.807) is 6.92 Å². The molecule has 0 aliphatic carbocycles. The predicted octanol–water partition coefficient (Wildman–Crippen LogP) is 2.22. The Labute approximate surface area is 147 Å². The molecule has 0 radical (unpaired) electrons. The number of carbonyl (C=O) groups excluding carboxylic acids is 2. The van der Waals surface area contributed by atoms with Crippen LogP contribution >= 0.6 is 0 Å². The van der Waals surface area contributed by atoms with E-state index in [2.05, 4.69) is 17.2 Å². The maximum Gasteiger partial charge on any atom is 0.274 e. The molecule has 1 aromatic heterocycles. The summed E-state index contributed by atoms with van der Waals surface area (Å²) in [4.78, 5) is 28.3. The van der Waals surface area contributed by atoms with Gasteiger partial charge in [0.1, 0.15) is 0 Å². The first-order valence-corrected chi connectivity index (χ1v) is 8.81. The fourth-order valence-corrected chi connectivity index (χ4v) is 3.63. The summed E-state index contributed by atoms with van der Waals surface area (Å²) in [5.41, 5.74) is 2.60. The number of aromatic nitrogens is 2. The Kier molecular flexibility index (Phi) is 4.03. The summed E-state index contributed by atoms with van der Waals surface area (Å²) >= 11 is 0. The van der Waals surface area contributed by atoms with Gasteiger partial charge in [0.15, 0.2) is 5.69 Å². The monoisotopic (exact) mass is 338 g/mol. The van der Waals surface area contributed by atoms with Crippen LogP contribution in [-0.4, -0.2) is 44.5 Å². The third-order valence-electron chi connectivity index (χ3n) is 5.14. The van der Waals surface area contributed by atoms with Crippen molar-refractivity contribution in [3.8, 4) is 0 Å². The normalized spacial score (nSPS) is 19.8. The first-order valence-electron chi connectivity index (χ1n) is 8.81. The number of aryl methyl sites for hydroxylation is 1. The number of fused-ring (bicyclic) bond motifs is 1. The summed E-state index contributed by atoms with van der Waals surface area (Å²) in [6.45, 7) is 4.36. The first kappa shape index (κ1) is 15.9. The number of benzene rings is 1. The molecule has 1 unspecified atom stereocenters. The van der Waals surface area contributed by atoms with Crippen molar-refractivity contribution < 1.29 is 9.59 Å². The van der Waals surface area contributed by atoms with E-state index in [-0.39, 0.29) is 17.9 Å². The van der Waals surface area contributed by atoms with Gasteiger partial charge >= 0.3 is 0 Å². The predicted molar refractivity (Wildman–Crippen MR) is 92.8 cm³/mol. The number of likely N-dealkylation sites (tertiary alicyclic amines) is 1. The lowest BCUT2D eigenvalue weighted by Gasteiger charge is -2.41. The van der Waals surface area contributed by atoms with Gasteiger partial charge in [-0.3, -0.25) is 14.3 Å². The van der Waals surface area contributed by atoms with Crippen LogP contribution in [0.15, 0.2) is 36.4 Å². The van der Waals surface area contributed by atoms with E-state index in [1.165, 1.54) is 5.56 Å². The van der Waals surface area contributed by atoms with Crippen LogP contribution in [0.2, 0.25) is 0 Å². The summed E-state index contributed by atoms with van der Waals surface area (Å²) in [5.74, 6) is 0.0458. The van der Waals surface area contributed by atoms with E-state index in [0.29, 0.717) is 12.2 Å². The van der Waals surface area contributed by atoms with Crippen LogP contribution in [0.25, 0.3) is 0 Å². The van der Waals surface area contributed by atoms with E-state index in [1.807, 2.05) is 38.7 Å². The van der Waals surface area contributed by atoms with E-state index in [0.717, 1.165) is 38.2 Å². The van der Waals surface area contributed by atoms with E-state index < -0.39 is 0 Å². The highest BCUT2D eigenvalue weighted by atomic mass is 16.2. The Morgan fingerprint density at radius 2 is 1.92 bits per heavy atom. The smallest absolute Gasteiger partial charge is 0.274 e. The Hall–Kier alpha value is -2.63. The summed E-state index contributed by atoms with van der Waals surface area (Å²) in [6, 6.07) is 12.1. The maximum atomic E-state index is 12.9. The molecule has 0 saturated carbocycles. The lowest BCUT2D eigenvalue weighted by Crippen LogP contribution is -2.45. The van der Waals surface area contributed by atoms with Crippen molar-refractivity contribution in [1.82, 2.24) is 19.6 Å². The number of hydrogen-bond donors (Lipinski definition) is 0. The van der Waals surface area contributed by atoms with E-state index in [9.17, 15) is 9.59 Å². The summed E-state index contributed by atoms with van der Waals surface area (Å²) < 4.78 is 1.88. The second-order valence-electron chi connectivity index (χ2n) is 6.75. The average Bonchev–Trinajstić information content (AvgIpc) is 2.86. The van der Waals surface area contributed by atoms with Gasteiger partial charge in [-0.05, 0) is 24.5 Å². The molecule has 0 spiro atoms. The van der Waals surface area contributed by atoms with Gasteiger partial charge in [-0.1, -0.05) is 30.3 Å². The molecule has 25 heavy (non-hydrogen) atoms. The van der Waals surface area contributed by atoms with Gasteiger partial charge in [0.05, 0.1) is 18.3 Å². The van der Waals surface area contributed by atoms with Crippen molar-refractivity contribution in [2.75, 3.05) is 13.1 Å². The van der Waals surface area contributed by atoms with Crippen LogP contribution in [0.4, 0.5) is 0 Å². The standard InChI is InChI=1S/C19H22N4O2/c1-14(24)21-9-5-10-23-16(13-21)12-17(20-23)19(25)22-11-8-18(22)15-6-3-2-4-7-15/h2-4,6-7,12,18H,5,8-11,13H2,1H3. The lowest BCUT2D eigenvalue weighted by molar-refractivity contribution is -0.129. The highest BCUT2D eigenvalue weighted by Gasteiger charge is 2.35. The minimum atomic E-state index is -0.0185. The van der Waals surface area contributed by atoms with Gasteiger partial charge in [0, 0.05) is 26.6 Å². The average molecular weight is 338 g/mol. The minimum Gasteiger partial charge on any atom is -0.337 e. The molecule has 6 nitrogen and oxygen atoms in total. The van der Waals surface area contributed by atoms with Crippen LogP contribution < -0.4 is 0 Å². The Balaban J connectivity index is 1.54. The zero-order valence-corrected chi connectivity index (χ0v) is 14.4. The van der Waals surface area contributed by atoms with Crippen LogP contribution in [0.3, 0.4) is 0 Å². The highest BCUT2D eigenvalue weighted by molar-refractivity contribution is 5.93. The van der Waals surface area contributed by atoms with Gasteiger partial charge in [0.25, 0.3) is 5.91 Å². The molecule has 1 saturated heterocycles. The molecule has 2 amide bonds. The van der Waals surface area contributed by atoms with Gasteiger partial charge in [-0.2, -0.15) is 5.10 Å². The third-order valence-corrected chi connectivity index (χ3v) is 5.14. The fraction of sp³-hybridized carbons (Fsp3) is 0.421. The second-order valence-corrected chi connectivity index (χ2v) is 6.75. The fourth-order valence-electron chi connectivity index (χ4n) is 3.63. The quantitative estimate of drug-likeness (QED) is 0.844. The molecule has 130 valence electrons. The largest absolute Gasteiger partial charge is 0.337 e. The number of carbonyl (C=O) groups is 2. The number of amides is 2. The van der Waals surface area contributed by atoms with Gasteiger partial charge < -0.3 is 9.80 Å². The molecular weight excluding hydrogens is 316 g/mol. The number of rotatable bonds is 2. The first-order chi connectivity index (χ1) is 12.1. The van der Waals surface area contributed by atoms with Gasteiger partial charge in [-0.25, -0.2) is 0 Å². The zero-order chi connectivity index (χ0) is 17.4. The summed E-state index contributed by atoms with van der Waals surface area (Å²) in [7, 11) is 0. The Morgan fingerprint density at radius 3 is 2.60 bits per heavy atom. The summed E-state index contributed by atoms with van der Waals surface area (Å²) in [6.07, 6.45) is 1.85. The molecule has 2 aromatic rings. The molecule has 2 aliphatic heterocycles. The topological polar surface area (TPSA) is 58.4 Å². The summed E-state index contributed by atoms with van der Waals surface area (Å²) in [5, 5.41) is 4.52. The SMILES string of the molecule is CC(=O)N1CCCn2nc(C(=O)N3CCC3c3ccccc3)cc2C1. The second kappa shape index (κ2) is 6.35.